The molecular weight excluding hydrogens is 495 g/mol. The maximum absolute atomic E-state index is 6.07. The zero-order chi connectivity index (χ0) is 19.9. The van der Waals surface area contributed by atoms with E-state index in [1.54, 1.807) is 6.20 Å². The lowest BCUT2D eigenvalue weighted by Crippen LogP contribution is -2.22. The van der Waals surface area contributed by atoms with Crippen LogP contribution in [0.5, 0.6) is 17.4 Å². The number of nitrogens with two attached hydrogens (primary N) is 1. The number of guanidine groups is 1. The van der Waals surface area contributed by atoms with Gasteiger partial charge in [-0.25, -0.2) is 9.98 Å². The number of halogens is 1. The van der Waals surface area contributed by atoms with Gasteiger partial charge in [0.1, 0.15) is 6.10 Å². The van der Waals surface area contributed by atoms with Crippen molar-refractivity contribution in [3.63, 3.8) is 0 Å². The van der Waals surface area contributed by atoms with Crippen molar-refractivity contribution in [2.24, 2.45) is 10.7 Å². The smallest absolute Gasteiger partial charge is 0.213 e. The van der Waals surface area contributed by atoms with Gasteiger partial charge in [0.05, 0.1) is 19.8 Å². The second-order valence-corrected chi connectivity index (χ2v) is 7.42. The summed E-state index contributed by atoms with van der Waals surface area (Å²) in [7, 11) is 0. The van der Waals surface area contributed by atoms with Crippen molar-refractivity contribution >= 4 is 35.6 Å². The van der Waals surface area contributed by atoms with E-state index >= 15 is 0 Å². The predicted molar refractivity (Wildman–Crippen MR) is 128 cm³/mol. The van der Waals surface area contributed by atoms with E-state index < -0.39 is 0 Å². The van der Waals surface area contributed by atoms with Crippen molar-refractivity contribution in [2.45, 2.75) is 51.2 Å². The van der Waals surface area contributed by atoms with Crippen molar-refractivity contribution in [3.8, 4) is 17.4 Å². The Hall–Kier alpha value is -2.23. The molecule has 1 aromatic carbocycles. The minimum Gasteiger partial charge on any atom is -0.490 e. The molecule has 1 saturated carbocycles. The van der Waals surface area contributed by atoms with Gasteiger partial charge in [-0.15, -0.1) is 24.0 Å². The Morgan fingerprint density at radius 2 is 1.87 bits per heavy atom. The van der Waals surface area contributed by atoms with Crippen LogP contribution in [-0.2, 0) is 6.54 Å². The summed E-state index contributed by atoms with van der Waals surface area (Å²) in [5.74, 6) is 2.48. The number of rotatable bonds is 5. The number of fused-ring (bicyclic) bond motifs is 1. The summed E-state index contributed by atoms with van der Waals surface area (Å²) < 4.78 is 17.4. The fourth-order valence-corrected chi connectivity index (χ4v) is 3.57. The number of anilines is 1. The number of aromatic nitrogens is 1. The summed E-state index contributed by atoms with van der Waals surface area (Å²) in [6, 6.07) is 9.54. The summed E-state index contributed by atoms with van der Waals surface area (Å²) in [6.45, 7) is 1.77. The van der Waals surface area contributed by atoms with Gasteiger partial charge in [0, 0.05) is 30.4 Å². The molecule has 0 bridgehead atoms. The van der Waals surface area contributed by atoms with Gasteiger partial charge in [-0.05, 0) is 49.4 Å². The third kappa shape index (κ3) is 6.38. The van der Waals surface area contributed by atoms with E-state index in [-0.39, 0.29) is 30.1 Å². The lowest BCUT2D eigenvalue weighted by molar-refractivity contribution is 0.148. The number of benzene rings is 1. The Labute approximate surface area is 194 Å². The summed E-state index contributed by atoms with van der Waals surface area (Å²) >= 11 is 0. The first kappa shape index (κ1) is 22.5. The van der Waals surface area contributed by atoms with E-state index in [2.05, 4.69) is 15.3 Å². The van der Waals surface area contributed by atoms with Crippen LogP contribution in [0.4, 0.5) is 5.69 Å². The lowest BCUT2D eigenvalue weighted by atomic mass is 9.98. The first-order valence-corrected chi connectivity index (χ1v) is 10.3. The summed E-state index contributed by atoms with van der Waals surface area (Å²) in [5.41, 5.74) is 7.89. The maximum atomic E-state index is 6.07. The van der Waals surface area contributed by atoms with Crippen LogP contribution >= 0.6 is 24.0 Å². The third-order valence-electron chi connectivity index (χ3n) is 5.09. The molecule has 1 aliphatic heterocycles. The maximum Gasteiger partial charge on any atom is 0.213 e. The third-order valence-corrected chi connectivity index (χ3v) is 5.09. The molecule has 0 radical (unpaired) electrons. The highest BCUT2D eigenvalue weighted by molar-refractivity contribution is 14.0. The molecule has 162 valence electrons. The Balaban J connectivity index is 0.00000256. The van der Waals surface area contributed by atoms with Crippen LogP contribution < -0.4 is 25.3 Å². The molecule has 8 heteroatoms. The molecule has 2 aromatic rings. The van der Waals surface area contributed by atoms with Crippen molar-refractivity contribution in [1.29, 1.82) is 0 Å². The highest BCUT2D eigenvalue weighted by Gasteiger charge is 2.15. The number of aliphatic imine (C=N–C) groups is 1. The van der Waals surface area contributed by atoms with Crippen LogP contribution in [0.15, 0.2) is 41.5 Å². The Kier molecular flexibility index (Phi) is 8.41. The molecule has 1 aromatic heterocycles. The molecule has 1 fully saturated rings. The average molecular weight is 524 g/mol. The monoisotopic (exact) mass is 524 g/mol. The molecule has 0 saturated heterocycles. The summed E-state index contributed by atoms with van der Waals surface area (Å²) in [4.78, 5) is 8.77. The lowest BCUT2D eigenvalue weighted by Gasteiger charge is -2.22. The predicted octanol–water partition coefficient (Wildman–Crippen LogP) is 4.50. The van der Waals surface area contributed by atoms with Gasteiger partial charge >= 0.3 is 0 Å². The zero-order valence-corrected chi connectivity index (χ0v) is 19.3. The normalized spacial score (nSPS) is 16.9. The van der Waals surface area contributed by atoms with Crippen LogP contribution in [0, 0.1) is 0 Å². The van der Waals surface area contributed by atoms with E-state index in [4.69, 9.17) is 19.9 Å². The molecule has 0 unspecified atom stereocenters. The largest absolute Gasteiger partial charge is 0.490 e. The van der Waals surface area contributed by atoms with E-state index in [9.17, 15) is 0 Å². The van der Waals surface area contributed by atoms with Crippen molar-refractivity contribution in [2.75, 3.05) is 18.5 Å². The molecule has 4 rings (SSSR count). The minimum absolute atomic E-state index is 0. The van der Waals surface area contributed by atoms with Crippen molar-refractivity contribution in [3.05, 3.63) is 42.1 Å². The Morgan fingerprint density at radius 1 is 1.07 bits per heavy atom. The van der Waals surface area contributed by atoms with Gasteiger partial charge in [0.2, 0.25) is 5.88 Å². The van der Waals surface area contributed by atoms with Gasteiger partial charge in [-0.2, -0.15) is 0 Å². The van der Waals surface area contributed by atoms with E-state index in [0.717, 1.165) is 42.0 Å². The standard InChI is InChI=1S/C22H28N4O3.HI/c23-22(26-17-7-8-19-20(14-17)28-12-4-11-27-19)25-15-16-9-10-24-21(13-16)29-18-5-2-1-3-6-18;/h7-10,13-14,18H,1-6,11-12,15H2,(H3,23,25,26);1H. The summed E-state index contributed by atoms with van der Waals surface area (Å²) in [5, 5.41) is 3.11. The number of pyridine rings is 1. The van der Waals surface area contributed by atoms with Crippen LogP contribution in [0.25, 0.3) is 0 Å². The van der Waals surface area contributed by atoms with Crippen molar-refractivity contribution < 1.29 is 14.2 Å². The molecule has 7 nitrogen and oxygen atoms in total. The molecule has 2 heterocycles. The number of ether oxygens (including phenoxy) is 3. The number of nitrogens with one attached hydrogen (secondary N) is 1. The average Bonchev–Trinajstić information content (AvgIpc) is 2.98. The molecule has 1 aliphatic carbocycles. The molecule has 0 atom stereocenters. The van der Waals surface area contributed by atoms with E-state index in [0.29, 0.717) is 31.6 Å². The van der Waals surface area contributed by atoms with Gasteiger partial charge in [-0.1, -0.05) is 6.42 Å². The minimum atomic E-state index is 0. The molecule has 3 N–H and O–H groups in total. The van der Waals surface area contributed by atoms with Gasteiger partial charge in [0.25, 0.3) is 0 Å². The van der Waals surface area contributed by atoms with Gasteiger partial charge in [0.15, 0.2) is 17.5 Å². The number of hydrogen-bond donors (Lipinski definition) is 2. The van der Waals surface area contributed by atoms with E-state index in [1.165, 1.54) is 19.3 Å². The first-order valence-electron chi connectivity index (χ1n) is 10.3. The second-order valence-electron chi connectivity index (χ2n) is 7.42. The van der Waals surface area contributed by atoms with E-state index in [1.807, 2.05) is 30.3 Å². The molecule has 0 spiro atoms. The number of hydrogen-bond acceptors (Lipinski definition) is 5. The topological polar surface area (TPSA) is 91.0 Å². The van der Waals surface area contributed by atoms with Crippen LogP contribution in [0.1, 0.15) is 44.1 Å². The summed E-state index contributed by atoms with van der Waals surface area (Å²) in [6.07, 6.45) is 8.90. The van der Waals surface area contributed by atoms with Gasteiger partial charge < -0.3 is 25.3 Å². The second kappa shape index (κ2) is 11.2. The zero-order valence-electron chi connectivity index (χ0n) is 17.0. The molecule has 0 amide bonds. The SMILES string of the molecule is I.NC(=NCc1ccnc(OC2CCCCC2)c1)Nc1ccc2c(c1)OCCCO2. The van der Waals surface area contributed by atoms with Crippen LogP contribution in [-0.4, -0.2) is 30.3 Å². The first-order chi connectivity index (χ1) is 14.3. The quantitative estimate of drug-likeness (QED) is 0.340. The molecule has 30 heavy (non-hydrogen) atoms. The number of nitrogens with zero attached hydrogens (tertiary/aromatic N) is 2. The van der Waals surface area contributed by atoms with Crippen LogP contribution in [0.3, 0.4) is 0 Å². The van der Waals surface area contributed by atoms with Crippen LogP contribution in [0.2, 0.25) is 0 Å². The highest BCUT2D eigenvalue weighted by Crippen LogP contribution is 2.32. The van der Waals surface area contributed by atoms with Crippen molar-refractivity contribution in [1.82, 2.24) is 4.98 Å². The Bertz CT molecular complexity index is 856. The Morgan fingerprint density at radius 3 is 2.70 bits per heavy atom. The highest BCUT2D eigenvalue weighted by atomic mass is 127. The fourth-order valence-electron chi connectivity index (χ4n) is 3.57. The molecule has 2 aliphatic rings. The van der Waals surface area contributed by atoms with Gasteiger partial charge in [-0.3, -0.25) is 0 Å². The fraction of sp³-hybridized carbons (Fsp3) is 0.455. The molecular formula is C22H29IN4O3.